The third kappa shape index (κ3) is 3.17. The van der Waals surface area contributed by atoms with Crippen molar-refractivity contribution in [2.24, 2.45) is 13.0 Å². The first-order valence-corrected chi connectivity index (χ1v) is 10.1. The molecule has 2 heterocycles. The number of hydrogen-bond donors (Lipinski definition) is 2. The third-order valence-electron chi connectivity index (χ3n) is 4.75. The zero-order chi connectivity index (χ0) is 20.1. The number of H-pyrrole nitrogens is 1. The smallest absolute Gasteiger partial charge is 0.330 e. The summed E-state index contributed by atoms with van der Waals surface area (Å²) in [6.45, 7) is 0.349. The summed E-state index contributed by atoms with van der Waals surface area (Å²) in [4.78, 5) is 31.6. The van der Waals surface area contributed by atoms with Gasteiger partial charge < -0.3 is 9.30 Å². The summed E-state index contributed by atoms with van der Waals surface area (Å²) in [5.74, 6) is 0.788. The molecular weight excluding hydrogens is 386 g/mol. The summed E-state index contributed by atoms with van der Waals surface area (Å²) in [5.41, 5.74) is -0.868. The second kappa shape index (κ2) is 6.51. The van der Waals surface area contributed by atoms with Crippen LogP contribution >= 0.6 is 0 Å². The van der Waals surface area contributed by atoms with Gasteiger partial charge in [-0.3, -0.25) is 14.3 Å². The van der Waals surface area contributed by atoms with Crippen molar-refractivity contribution in [1.29, 1.82) is 0 Å². The zero-order valence-corrected chi connectivity index (χ0v) is 16.1. The molecule has 10 nitrogen and oxygen atoms in total. The molecule has 0 aliphatic heterocycles. The van der Waals surface area contributed by atoms with E-state index in [0.717, 1.165) is 17.4 Å². The average molecular weight is 405 g/mol. The van der Waals surface area contributed by atoms with Crippen LogP contribution in [0.3, 0.4) is 0 Å². The largest absolute Gasteiger partial charge is 0.497 e. The van der Waals surface area contributed by atoms with E-state index in [9.17, 15) is 18.0 Å². The summed E-state index contributed by atoms with van der Waals surface area (Å²) in [6, 6.07) is 5.84. The SMILES string of the molecule is COc1ccc(S(=O)(=O)Nc2nc3[nH]c(=O)n(CC4CC4)c(=O)c3n2C)cc1. The molecule has 11 heteroatoms. The summed E-state index contributed by atoms with van der Waals surface area (Å²) in [5, 5.41) is 0. The fourth-order valence-electron chi connectivity index (χ4n) is 2.97. The fraction of sp³-hybridized carbons (Fsp3) is 0.353. The molecule has 1 saturated carbocycles. The Labute approximate surface area is 159 Å². The number of fused-ring (bicyclic) bond motifs is 1. The van der Waals surface area contributed by atoms with Crippen LogP contribution in [-0.4, -0.2) is 34.6 Å². The predicted octanol–water partition coefficient (Wildman–Crippen LogP) is 0.643. The molecule has 148 valence electrons. The minimum absolute atomic E-state index is 0.0139. The van der Waals surface area contributed by atoms with Crippen molar-refractivity contribution in [2.75, 3.05) is 11.8 Å². The number of imidazole rings is 1. The molecule has 28 heavy (non-hydrogen) atoms. The molecule has 3 aromatic rings. The standard InChI is InChI=1S/C17H19N5O5S/c1-21-13-14(19-17(24)22(15(13)23)9-10-3-4-10)18-16(21)20-28(25,26)12-7-5-11(27-2)6-8-12/h5-8,10H,3-4,9H2,1-2H3,(H,18,20)(H,19,24). The van der Waals surface area contributed by atoms with Gasteiger partial charge >= 0.3 is 5.69 Å². The Kier molecular flexibility index (Phi) is 4.26. The number of methoxy groups -OCH3 is 1. The van der Waals surface area contributed by atoms with Gasteiger partial charge in [-0.1, -0.05) is 0 Å². The number of nitrogens with one attached hydrogen (secondary N) is 2. The first-order valence-electron chi connectivity index (χ1n) is 8.66. The van der Waals surface area contributed by atoms with Gasteiger partial charge in [0.05, 0.1) is 12.0 Å². The van der Waals surface area contributed by atoms with Gasteiger partial charge in [0.2, 0.25) is 5.95 Å². The highest BCUT2D eigenvalue weighted by atomic mass is 32.2. The van der Waals surface area contributed by atoms with E-state index >= 15 is 0 Å². The lowest BCUT2D eigenvalue weighted by molar-refractivity contribution is 0.414. The first kappa shape index (κ1) is 18.3. The van der Waals surface area contributed by atoms with Crippen molar-refractivity contribution >= 4 is 27.1 Å². The van der Waals surface area contributed by atoms with Crippen LogP contribution in [0.1, 0.15) is 12.8 Å². The quantitative estimate of drug-likeness (QED) is 0.619. The highest BCUT2D eigenvalue weighted by molar-refractivity contribution is 7.92. The minimum atomic E-state index is -3.94. The molecule has 0 saturated heterocycles. The fourth-order valence-corrected chi connectivity index (χ4v) is 4.00. The molecule has 1 aliphatic carbocycles. The predicted molar refractivity (Wildman–Crippen MR) is 102 cm³/mol. The maximum absolute atomic E-state index is 12.7. The van der Waals surface area contributed by atoms with Crippen LogP contribution in [0, 0.1) is 5.92 Å². The monoisotopic (exact) mass is 405 g/mol. The van der Waals surface area contributed by atoms with E-state index < -0.39 is 21.3 Å². The summed E-state index contributed by atoms with van der Waals surface area (Å²) < 4.78 is 35.1. The summed E-state index contributed by atoms with van der Waals surface area (Å²) >= 11 is 0. The van der Waals surface area contributed by atoms with Crippen molar-refractivity contribution in [1.82, 2.24) is 19.1 Å². The van der Waals surface area contributed by atoms with Crippen LogP contribution < -0.4 is 20.7 Å². The Morgan fingerprint density at radius 3 is 2.54 bits per heavy atom. The number of benzene rings is 1. The van der Waals surface area contributed by atoms with Crippen molar-refractivity contribution in [3.63, 3.8) is 0 Å². The van der Waals surface area contributed by atoms with E-state index in [1.807, 2.05) is 0 Å². The number of aromatic nitrogens is 4. The van der Waals surface area contributed by atoms with E-state index in [-0.39, 0.29) is 22.0 Å². The molecule has 1 aliphatic rings. The molecule has 2 N–H and O–H groups in total. The van der Waals surface area contributed by atoms with Crippen molar-refractivity contribution in [3.8, 4) is 5.75 Å². The van der Waals surface area contributed by atoms with Crippen LogP contribution in [-0.2, 0) is 23.6 Å². The minimum Gasteiger partial charge on any atom is -0.497 e. The van der Waals surface area contributed by atoms with Crippen LogP contribution in [0.4, 0.5) is 5.95 Å². The molecule has 0 unspecified atom stereocenters. The lowest BCUT2D eigenvalue weighted by Crippen LogP contribution is -2.36. The lowest BCUT2D eigenvalue weighted by Gasteiger charge is -2.08. The summed E-state index contributed by atoms with van der Waals surface area (Å²) in [6.07, 6.45) is 1.98. The van der Waals surface area contributed by atoms with Crippen LogP contribution in [0.2, 0.25) is 0 Å². The van der Waals surface area contributed by atoms with Gasteiger partial charge in [-0.25, -0.2) is 17.9 Å². The van der Waals surface area contributed by atoms with Gasteiger partial charge in [-0.05, 0) is 43.0 Å². The Morgan fingerprint density at radius 1 is 1.25 bits per heavy atom. The number of sulfonamides is 1. The summed E-state index contributed by atoms with van der Waals surface area (Å²) in [7, 11) is -0.940. The molecule has 0 atom stereocenters. The number of nitrogens with zero attached hydrogens (tertiary/aromatic N) is 3. The van der Waals surface area contributed by atoms with Gasteiger partial charge in [-0.15, -0.1) is 0 Å². The molecular formula is C17H19N5O5S. The highest BCUT2D eigenvalue weighted by Gasteiger charge is 2.25. The molecule has 1 aromatic carbocycles. The lowest BCUT2D eigenvalue weighted by atomic mass is 10.3. The molecule has 0 spiro atoms. The second-order valence-electron chi connectivity index (χ2n) is 6.76. The first-order chi connectivity index (χ1) is 13.3. The number of anilines is 1. The molecule has 0 bridgehead atoms. The number of rotatable bonds is 6. The Morgan fingerprint density at radius 2 is 1.93 bits per heavy atom. The number of hydrogen-bond acceptors (Lipinski definition) is 6. The maximum Gasteiger partial charge on any atom is 0.330 e. The normalized spacial score (nSPS) is 14.4. The maximum atomic E-state index is 12.7. The van der Waals surface area contributed by atoms with Crippen molar-refractivity contribution < 1.29 is 13.2 Å². The number of aryl methyl sites for hydroxylation is 1. The molecule has 0 amide bonds. The molecule has 4 rings (SSSR count). The van der Waals surface area contributed by atoms with Crippen LogP contribution in [0.15, 0.2) is 38.8 Å². The van der Waals surface area contributed by atoms with E-state index in [4.69, 9.17) is 4.74 Å². The highest BCUT2D eigenvalue weighted by Crippen LogP contribution is 2.29. The van der Waals surface area contributed by atoms with E-state index in [1.165, 1.54) is 43.0 Å². The van der Waals surface area contributed by atoms with E-state index in [0.29, 0.717) is 18.2 Å². The van der Waals surface area contributed by atoms with E-state index in [2.05, 4.69) is 14.7 Å². The topological polar surface area (TPSA) is 128 Å². The van der Waals surface area contributed by atoms with Crippen LogP contribution in [0.5, 0.6) is 5.75 Å². The van der Waals surface area contributed by atoms with Gasteiger partial charge in [0, 0.05) is 13.6 Å². The zero-order valence-electron chi connectivity index (χ0n) is 15.3. The molecule has 2 aromatic heterocycles. The van der Waals surface area contributed by atoms with Crippen LogP contribution in [0.25, 0.3) is 11.2 Å². The van der Waals surface area contributed by atoms with E-state index in [1.54, 1.807) is 0 Å². The number of aromatic amines is 1. The van der Waals surface area contributed by atoms with Gasteiger partial charge in [0.15, 0.2) is 11.2 Å². The Hall–Kier alpha value is -3.08. The Bertz CT molecular complexity index is 1270. The number of ether oxygens (including phenoxy) is 1. The Balaban J connectivity index is 1.74. The van der Waals surface area contributed by atoms with Gasteiger partial charge in [0.25, 0.3) is 15.6 Å². The van der Waals surface area contributed by atoms with Crippen molar-refractivity contribution in [2.45, 2.75) is 24.3 Å². The molecule has 1 fully saturated rings. The van der Waals surface area contributed by atoms with Gasteiger partial charge in [-0.2, -0.15) is 4.98 Å². The molecule has 0 radical (unpaired) electrons. The average Bonchev–Trinajstić information content (AvgIpc) is 3.43. The third-order valence-corrected chi connectivity index (χ3v) is 6.09. The van der Waals surface area contributed by atoms with Crippen molar-refractivity contribution in [3.05, 3.63) is 45.1 Å². The van der Waals surface area contributed by atoms with Gasteiger partial charge in [0.1, 0.15) is 5.75 Å². The second-order valence-corrected chi connectivity index (χ2v) is 8.44.